The van der Waals surface area contributed by atoms with Gasteiger partial charge < -0.3 is 10.6 Å². The zero-order valence-corrected chi connectivity index (χ0v) is 12.1. The molecule has 0 saturated heterocycles. The number of aromatic nitrogens is 2. The summed E-state index contributed by atoms with van der Waals surface area (Å²) in [7, 11) is 1.79. The third kappa shape index (κ3) is 2.66. The van der Waals surface area contributed by atoms with Gasteiger partial charge >= 0.3 is 0 Å². The van der Waals surface area contributed by atoms with E-state index in [4.69, 9.17) is 5.73 Å². The monoisotopic (exact) mass is 272 g/mol. The fourth-order valence-corrected chi connectivity index (χ4v) is 2.17. The number of carbonyl (C=O) groups excluding carboxylic acids is 1. The summed E-state index contributed by atoms with van der Waals surface area (Å²) in [5.74, 6) is -0.0622. The molecule has 0 aliphatic carbocycles. The van der Waals surface area contributed by atoms with E-state index in [-0.39, 0.29) is 5.91 Å². The number of amides is 1. The molecule has 1 heterocycles. The highest BCUT2D eigenvalue weighted by Crippen LogP contribution is 2.20. The highest BCUT2D eigenvalue weighted by Gasteiger charge is 2.20. The third-order valence-corrected chi connectivity index (χ3v) is 3.26. The first-order valence-electron chi connectivity index (χ1n) is 6.77. The van der Waals surface area contributed by atoms with Crippen LogP contribution in [0.1, 0.15) is 30.0 Å². The molecule has 1 aromatic carbocycles. The second-order valence-electron chi connectivity index (χ2n) is 4.64. The van der Waals surface area contributed by atoms with E-state index in [2.05, 4.69) is 5.10 Å². The molecule has 1 aromatic heterocycles. The molecule has 5 nitrogen and oxygen atoms in total. The van der Waals surface area contributed by atoms with Gasteiger partial charge in [0.15, 0.2) is 0 Å². The molecular weight excluding hydrogens is 252 g/mol. The van der Waals surface area contributed by atoms with Crippen molar-refractivity contribution < 1.29 is 4.79 Å². The lowest BCUT2D eigenvalue weighted by Gasteiger charge is -2.21. The Hall–Kier alpha value is -2.30. The van der Waals surface area contributed by atoms with Gasteiger partial charge in [-0.15, -0.1) is 0 Å². The predicted molar refractivity (Wildman–Crippen MR) is 80.8 cm³/mol. The summed E-state index contributed by atoms with van der Waals surface area (Å²) in [6, 6.07) is 9.19. The van der Waals surface area contributed by atoms with Gasteiger partial charge in [-0.05, 0) is 37.6 Å². The molecule has 5 heteroatoms. The Bertz CT molecular complexity index is 618. The lowest BCUT2D eigenvalue weighted by molar-refractivity contribution is 0.0979. The summed E-state index contributed by atoms with van der Waals surface area (Å²) in [6.07, 6.45) is 0.811. The van der Waals surface area contributed by atoms with Crippen LogP contribution in [0.25, 0.3) is 0 Å². The Balaban J connectivity index is 2.36. The second-order valence-corrected chi connectivity index (χ2v) is 4.64. The first-order chi connectivity index (χ1) is 9.56. The molecule has 0 unspecified atom stereocenters. The molecule has 0 atom stereocenters. The van der Waals surface area contributed by atoms with Gasteiger partial charge in [0.05, 0.1) is 5.69 Å². The number of hydrogen-bond donors (Lipinski definition) is 1. The Labute approximate surface area is 119 Å². The minimum atomic E-state index is -0.0622. The fourth-order valence-electron chi connectivity index (χ4n) is 2.17. The summed E-state index contributed by atoms with van der Waals surface area (Å²) >= 11 is 0. The first kappa shape index (κ1) is 14.1. The Morgan fingerprint density at radius 1 is 1.35 bits per heavy atom. The van der Waals surface area contributed by atoms with Gasteiger partial charge in [-0.1, -0.05) is 13.0 Å². The van der Waals surface area contributed by atoms with Crippen LogP contribution in [-0.4, -0.2) is 22.2 Å². The van der Waals surface area contributed by atoms with E-state index in [1.807, 2.05) is 32.0 Å². The van der Waals surface area contributed by atoms with Crippen molar-refractivity contribution in [2.75, 3.05) is 17.2 Å². The maximum atomic E-state index is 12.7. The van der Waals surface area contributed by atoms with Gasteiger partial charge in [0, 0.05) is 25.0 Å². The van der Waals surface area contributed by atoms with E-state index in [1.165, 1.54) is 0 Å². The number of benzene rings is 1. The molecule has 0 aliphatic rings. The molecule has 2 N–H and O–H groups in total. The minimum Gasteiger partial charge on any atom is -0.399 e. The molecule has 2 rings (SSSR count). The number of rotatable bonds is 4. The fraction of sp³-hybridized carbons (Fsp3) is 0.333. The molecule has 0 spiro atoms. The van der Waals surface area contributed by atoms with Crippen LogP contribution in [0.2, 0.25) is 0 Å². The van der Waals surface area contributed by atoms with Crippen LogP contribution in [0.15, 0.2) is 30.3 Å². The average Bonchev–Trinajstić information content (AvgIpc) is 2.81. The van der Waals surface area contributed by atoms with Gasteiger partial charge in [0.2, 0.25) is 0 Å². The van der Waals surface area contributed by atoms with Crippen molar-refractivity contribution in [3.05, 3.63) is 41.7 Å². The SMILES string of the molecule is CCc1cc(C(=O)N(CC)c2cccc(N)c2)n(C)n1. The van der Waals surface area contributed by atoms with Crippen molar-refractivity contribution in [1.82, 2.24) is 9.78 Å². The van der Waals surface area contributed by atoms with Crippen molar-refractivity contribution in [2.24, 2.45) is 7.05 Å². The van der Waals surface area contributed by atoms with E-state index in [1.54, 1.807) is 28.8 Å². The number of carbonyl (C=O) groups is 1. The number of hydrogen-bond acceptors (Lipinski definition) is 3. The molecule has 2 aromatic rings. The number of aryl methyl sites for hydroxylation is 2. The average molecular weight is 272 g/mol. The van der Waals surface area contributed by atoms with Crippen LogP contribution < -0.4 is 10.6 Å². The smallest absolute Gasteiger partial charge is 0.276 e. The van der Waals surface area contributed by atoms with Crippen molar-refractivity contribution in [3.8, 4) is 0 Å². The number of nitrogen functional groups attached to an aromatic ring is 1. The lowest BCUT2D eigenvalue weighted by atomic mass is 10.2. The molecule has 0 saturated carbocycles. The highest BCUT2D eigenvalue weighted by molar-refractivity contribution is 6.05. The van der Waals surface area contributed by atoms with E-state index in [0.29, 0.717) is 17.9 Å². The molecule has 106 valence electrons. The van der Waals surface area contributed by atoms with Crippen LogP contribution >= 0.6 is 0 Å². The maximum absolute atomic E-state index is 12.7. The molecule has 1 amide bonds. The van der Waals surface area contributed by atoms with E-state index in [0.717, 1.165) is 17.8 Å². The van der Waals surface area contributed by atoms with Crippen molar-refractivity contribution in [3.63, 3.8) is 0 Å². The van der Waals surface area contributed by atoms with E-state index < -0.39 is 0 Å². The number of nitrogens with two attached hydrogens (primary N) is 1. The van der Waals surface area contributed by atoms with Gasteiger partial charge in [0.1, 0.15) is 5.69 Å². The normalized spacial score (nSPS) is 10.6. The number of anilines is 2. The van der Waals surface area contributed by atoms with Gasteiger partial charge in [-0.2, -0.15) is 5.10 Å². The highest BCUT2D eigenvalue weighted by atomic mass is 16.2. The van der Waals surface area contributed by atoms with Gasteiger partial charge in [0.25, 0.3) is 5.91 Å². The van der Waals surface area contributed by atoms with Crippen molar-refractivity contribution in [2.45, 2.75) is 20.3 Å². The molecule has 0 bridgehead atoms. The summed E-state index contributed by atoms with van der Waals surface area (Å²) in [6.45, 7) is 4.54. The topological polar surface area (TPSA) is 64.2 Å². The zero-order valence-electron chi connectivity index (χ0n) is 12.1. The Morgan fingerprint density at radius 2 is 2.10 bits per heavy atom. The van der Waals surface area contributed by atoms with Crippen LogP contribution in [0, 0.1) is 0 Å². The summed E-state index contributed by atoms with van der Waals surface area (Å²) < 4.78 is 1.64. The van der Waals surface area contributed by atoms with Crippen molar-refractivity contribution >= 4 is 17.3 Å². The molecule has 20 heavy (non-hydrogen) atoms. The summed E-state index contributed by atoms with van der Waals surface area (Å²) in [4.78, 5) is 14.4. The van der Waals surface area contributed by atoms with Crippen LogP contribution in [-0.2, 0) is 13.5 Å². The summed E-state index contributed by atoms with van der Waals surface area (Å²) in [5, 5.41) is 4.32. The van der Waals surface area contributed by atoms with Gasteiger partial charge in [-0.25, -0.2) is 0 Å². The van der Waals surface area contributed by atoms with Crippen molar-refractivity contribution in [1.29, 1.82) is 0 Å². The second kappa shape index (κ2) is 5.77. The molecule has 0 aliphatic heterocycles. The van der Waals surface area contributed by atoms with Crippen LogP contribution in [0.3, 0.4) is 0 Å². The Kier molecular flexibility index (Phi) is 4.08. The molecule has 0 fully saturated rings. The molecule has 0 radical (unpaired) electrons. The Morgan fingerprint density at radius 3 is 2.65 bits per heavy atom. The standard InChI is InChI=1S/C15H20N4O/c1-4-12-10-14(18(3)17-12)15(20)19(5-2)13-8-6-7-11(16)9-13/h6-10H,4-5,16H2,1-3H3. The quantitative estimate of drug-likeness (QED) is 0.868. The minimum absolute atomic E-state index is 0.0622. The largest absolute Gasteiger partial charge is 0.399 e. The first-order valence-corrected chi connectivity index (χ1v) is 6.77. The lowest BCUT2D eigenvalue weighted by Crippen LogP contribution is -2.32. The van der Waals surface area contributed by atoms with E-state index >= 15 is 0 Å². The van der Waals surface area contributed by atoms with Gasteiger partial charge in [-0.3, -0.25) is 9.48 Å². The van der Waals surface area contributed by atoms with Crippen LogP contribution in [0.5, 0.6) is 0 Å². The predicted octanol–water partition coefficient (Wildman–Crippen LogP) is 2.23. The summed E-state index contributed by atoms with van der Waals surface area (Å²) in [5.41, 5.74) is 8.74. The third-order valence-electron chi connectivity index (χ3n) is 3.26. The molecular formula is C15H20N4O. The van der Waals surface area contributed by atoms with E-state index in [9.17, 15) is 4.79 Å². The maximum Gasteiger partial charge on any atom is 0.276 e. The zero-order chi connectivity index (χ0) is 14.7. The van der Waals surface area contributed by atoms with Crippen LogP contribution in [0.4, 0.5) is 11.4 Å². The number of nitrogens with zero attached hydrogens (tertiary/aromatic N) is 3.